The van der Waals surface area contributed by atoms with Gasteiger partial charge < -0.3 is 20.4 Å². The van der Waals surface area contributed by atoms with Crippen molar-refractivity contribution >= 4 is 11.7 Å². The molecular formula is C12H20N4O3. The van der Waals surface area contributed by atoms with E-state index in [0.29, 0.717) is 12.5 Å². The van der Waals surface area contributed by atoms with E-state index < -0.39 is 11.6 Å². The van der Waals surface area contributed by atoms with Gasteiger partial charge in [-0.25, -0.2) is 4.98 Å². The van der Waals surface area contributed by atoms with Gasteiger partial charge in [0.1, 0.15) is 6.04 Å². The van der Waals surface area contributed by atoms with Gasteiger partial charge in [-0.15, -0.1) is 0 Å². The van der Waals surface area contributed by atoms with Crippen LogP contribution in [0.4, 0.5) is 5.82 Å². The van der Waals surface area contributed by atoms with Crippen molar-refractivity contribution in [2.75, 3.05) is 19.0 Å². The predicted molar refractivity (Wildman–Crippen MR) is 72.3 cm³/mol. The van der Waals surface area contributed by atoms with Crippen molar-refractivity contribution in [3.05, 3.63) is 16.7 Å². The number of rotatable bonds is 6. The molecule has 0 aliphatic carbocycles. The first-order valence-corrected chi connectivity index (χ1v) is 6.11. The summed E-state index contributed by atoms with van der Waals surface area (Å²) >= 11 is 0. The summed E-state index contributed by atoms with van der Waals surface area (Å²) in [7, 11) is 1.38. The van der Waals surface area contributed by atoms with Crippen LogP contribution in [0.2, 0.25) is 0 Å². The maximum atomic E-state index is 11.8. The lowest BCUT2D eigenvalue weighted by atomic mass is 10.2. The Hall–Kier alpha value is -2.05. The van der Waals surface area contributed by atoms with Crippen molar-refractivity contribution in [3.8, 4) is 5.75 Å². The second-order valence-corrected chi connectivity index (χ2v) is 4.62. The molecule has 7 nitrogen and oxygen atoms in total. The lowest BCUT2D eigenvalue weighted by Gasteiger charge is -2.16. The van der Waals surface area contributed by atoms with E-state index in [1.165, 1.54) is 13.4 Å². The Morgan fingerprint density at radius 2 is 2.16 bits per heavy atom. The Kier molecular flexibility index (Phi) is 5.35. The fraction of sp³-hybridized carbons (Fsp3) is 0.583. The van der Waals surface area contributed by atoms with Crippen LogP contribution in [0.3, 0.4) is 0 Å². The molecule has 0 saturated carbocycles. The zero-order valence-corrected chi connectivity index (χ0v) is 11.6. The fourth-order valence-corrected chi connectivity index (χ4v) is 1.41. The van der Waals surface area contributed by atoms with Crippen LogP contribution in [0, 0.1) is 5.92 Å². The molecule has 1 aromatic rings. The number of carbonyl (C=O) groups is 1. The molecule has 1 aromatic heterocycles. The highest BCUT2D eigenvalue weighted by Gasteiger charge is 2.16. The normalized spacial score (nSPS) is 12.1. The molecule has 3 N–H and O–H groups in total. The summed E-state index contributed by atoms with van der Waals surface area (Å²) in [5.41, 5.74) is -0.394. The molecule has 0 fully saturated rings. The number of anilines is 1. The quantitative estimate of drug-likeness (QED) is 0.692. The highest BCUT2D eigenvalue weighted by molar-refractivity contribution is 5.84. The molecule has 1 atom stereocenters. The second kappa shape index (κ2) is 6.77. The van der Waals surface area contributed by atoms with Crippen LogP contribution in [0.5, 0.6) is 5.75 Å². The maximum Gasteiger partial charge on any atom is 0.295 e. The van der Waals surface area contributed by atoms with Crippen LogP contribution < -0.4 is 20.9 Å². The van der Waals surface area contributed by atoms with Crippen molar-refractivity contribution < 1.29 is 9.53 Å². The summed E-state index contributed by atoms with van der Waals surface area (Å²) in [5.74, 6) is 0.533. The monoisotopic (exact) mass is 268 g/mol. The van der Waals surface area contributed by atoms with Crippen molar-refractivity contribution in [1.29, 1.82) is 0 Å². The molecule has 7 heteroatoms. The minimum atomic E-state index is -0.512. The summed E-state index contributed by atoms with van der Waals surface area (Å²) in [6.07, 6.45) is 1.26. The molecule has 0 aliphatic rings. The number of amides is 1. The highest BCUT2D eigenvalue weighted by Crippen LogP contribution is 2.15. The fourth-order valence-electron chi connectivity index (χ4n) is 1.41. The molecule has 0 spiro atoms. The van der Waals surface area contributed by atoms with Crippen LogP contribution in [0.1, 0.15) is 20.8 Å². The molecule has 0 aromatic carbocycles. The van der Waals surface area contributed by atoms with Gasteiger partial charge in [0.25, 0.3) is 5.56 Å². The van der Waals surface area contributed by atoms with E-state index in [2.05, 4.69) is 20.6 Å². The van der Waals surface area contributed by atoms with Crippen molar-refractivity contribution in [1.82, 2.24) is 15.3 Å². The molecule has 0 saturated heterocycles. The molecule has 1 amide bonds. The minimum absolute atomic E-state index is 0.0611. The standard InChI is InChI=1S/C12H20N4O3/c1-7(2)5-13-11(17)8(3)16-10-9(19-4)12(18)15-6-14-10/h6-8H,5H2,1-4H3,(H,13,17)(H2,14,15,16,18). The third-order valence-electron chi connectivity index (χ3n) is 2.45. The van der Waals surface area contributed by atoms with Gasteiger partial charge in [0.2, 0.25) is 11.7 Å². The SMILES string of the molecule is COc1c(NC(C)C(=O)NCC(C)C)nc[nH]c1=O. The smallest absolute Gasteiger partial charge is 0.295 e. The average molecular weight is 268 g/mol. The Morgan fingerprint density at radius 3 is 2.74 bits per heavy atom. The number of methoxy groups -OCH3 is 1. The first-order valence-electron chi connectivity index (χ1n) is 6.11. The first kappa shape index (κ1) is 15.0. The van der Waals surface area contributed by atoms with E-state index in [9.17, 15) is 9.59 Å². The van der Waals surface area contributed by atoms with E-state index in [1.807, 2.05) is 13.8 Å². The van der Waals surface area contributed by atoms with Gasteiger partial charge in [-0.3, -0.25) is 9.59 Å². The summed E-state index contributed by atoms with van der Waals surface area (Å²) in [4.78, 5) is 29.6. The third kappa shape index (κ3) is 4.27. The van der Waals surface area contributed by atoms with Crippen LogP contribution in [-0.2, 0) is 4.79 Å². The zero-order chi connectivity index (χ0) is 14.4. The molecule has 1 heterocycles. The maximum absolute atomic E-state index is 11.8. The van der Waals surface area contributed by atoms with Gasteiger partial charge in [-0.2, -0.15) is 0 Å². The van der Waals surface area contributed by atoms with Crippen molar-refractivity contribution in [2.24, 2.45) is 5.92 Å². The van der Waals surface area contributed by atoms with Gasteiger partial charge in [-0.1, -0.05) is 13.8 Å². The predicted octanol–water partition coefficient (Wildman–Crippen LogP) is 0.351. The van der Waals surface area contributed by atoms with Gasteiger partial charge >= 0.3 is 0 Å². The van der Waals surface area contributed by atoms with Gasteiger partial charge in [0, 0.05) is 6.54 Å². The number of H-pyrrole nitrogens is 1. The summed E-state index contributed by atoms with van der Waals surface area (Å²) < 4.78 is 4.95. The van der Waals surface area contributed by atoms with E-state index in [4.69, 9.17) is 4.74 Å². The van der Waals surface area contributed by atoms with Gasteiger partial charge in [0.15, 0.2) is 5.82 Å². The molecule has 0 radical (unpaired) electrons. The molecule has 0 bridgehead atoms. The van der Waals surface area contributed by atoms with Crippen molar-refractivity contribution in [2.45, 2.75) is 26.8 Å². The lowest BCUT2D eigenvalue weighted by Crippen LogP contribution is -2.39. The number of hydrogen-bond acceptors (Lipinski definition) is 5. The van der Waals surface area contributed by atoms with Crippen LogP contribution in [-0.4, -0.2) is 35.6 Å². The Balaban J connectivity index is 2.71. The first-order chi connectivity index (χ1) is 8.95. The van der Waals surface area contributed by atoms with Gasteiger partial charge in [-0.05, 0) is 12.8 Å². The van der Waals surface area contributed by atoms with Crippen LogP contribution in [0.15, 0.2) is 11.1 Å². The summed E-state index contributed by atoms with van der Waals surface area (Å²) in [6, 6.07) is -0.512. The molecule has 1 unspecified atom stereocenters. The number of aromatic amines is 1. The topological polar surface area (TPSA) is 96.1 Å². The number of nitrogens with one attached hydrogen (secondary N) is 3. The van der Waals surface area contributed by atoms with E-state index >= 15 is 0 Å². The number of aromatic nitrogens is 2. The van der Waals surface area contributed by atoms with E-state index in [1.54, 1.807) is 6.92 Å². The molecule has 19 heavy (non-hydrogen) atoms. The van der Waals surface area contributed by atoms with Crippen LogP contribution >= 0.6 is 0 Å². The summed E-state index contributed by atoms with van der Waals surface area (Å²) in [5, 5.41) is 5.66. The van der Waals surface area contributed by atoms with Crippen LogP contribution in [0.25, 0.3) is 0 Å². The van der Waals surface area contributed by atoms with Crippen molar-refractivity contribution in [3.63, 3.8) is 0 Å². The Bertz CT molecular complexity index is 484. The molecular weight excluding hydrogens is 248 g/mol. The number of carbonyl (C=O) groups excluding carboxylic acids is 1. The van der Waals surface area contributed by atoms with Gasteiger partial charge in [0.05, 0.1) is 13.4 Å². The summed E-state index contributed by atoms with van der Waals surface area (Å²) in [6.45, 7) is 6.32. The third-order valence-corrected chi connectivity index (χ3v) is 2.45. The second-order valence-electron chi connectivity index (χ2n) is 4.62. The minimum Gasteiger partial charge on any atom is -0.489 e. The number of nitrogens with zero attached hydrogens (tertiary/aromatic N) is 1. The van der Waals surface area contributed by atoms with E-state index in [0.717, 1.165) is 0 Å². The Labute approximate surface area is 111 Å². The molecule has 0 aliphatic heterocycles. The van der Waals surface area contributed by atoms with E-state index in [-0.39, 0.29) is 17.5 Å². The highest BCUT2D eigenvalue weighted by atomic mass is 16.5. The molecule has 106 valence electrons. The molecule has 1 rings (SSSR count). The Morgan fingerprint density at radius 1 is 1.47 bits per heavy atom. The lowest BCUT2D eigenvalue weighted by molar-refractivity contribution is -0.121. The largest absolute Gasteiger partial charge is 0.489 e. The zero-order valence-electron chi connectivity index (χ0n) is 11.6. The number of hydrogen-bond donors (Lipinski definition) is 3. The number of ether oxygens (including phenoxy) is 1. The average Bonchev–Trinajstić information content (AvgIpc) is 2.36.